The molecule has 118 valence electrons. The zero-order valence-electron chi connectivity index (χ0n) is 11.7. The number of carbonyl (C=O) groups excluding carboxylic acids is 1. The van der Waals surface area contributed by atoms with Crippen LogP contribution in [0.2, 0.25) is 0 Å². The van der Waals surface area contributed by atoms with Crippen LogP contribution >= 0.6 is 0 Å². The van der Waals surface area contributed by atoms with Gasteiger partial charge in [0.05, 0.1) is 11.9 Å². The highest BCUT2D eigenvalue weighted by Gasteiger charge is 2.39. The molecule has 2 aromatic rings. The first kappa shape index (κ1) is 16.0. The summed E-state index contributed by atoms with van der Waals surface area (Å²) in [6, 6.07) is 5.70. The minimum Gasteiger partial charge on any atom is -0.449 e. The molecule has 1 aromatic heterocycles. The molecule has 8 heteroatoms. The third kappa shape index (κ3) is 3.10. The summed E-state index contributed by atoms with van der Waals surface area (Å²) in [6.07, 6.45) is -5.84. The van der Waals surface area contributed by atoms with Crippen LogP contribution < -0.4 is 0 Å². The predicted molar refractivity (Wildman–Crippen MR) is 69.2 cm³/mol. The Morgan fingerprint density at radius 1 is 1.32 bits per heavy atom. The molecule has 22 heavy (non-hydrogen) atoms. The van der Waals surface area contributed by atoms with Crippen molar-refractivity contribution in [1.82, 2.24) is 9.78 Å². The molecule has 0 aliphatic heterocycles. The van der Waals surface area contributed by atoms with Crippen molar-refractivity contribution in [3.63, 3.8) is 0 Å². The molecule has 1 aromatic carbocycles. The highest BCUT2D eigenvalue weighted by molar-refractivity contribution is 5.90. The molecule has 4 nitrogen and oxygen atoms in total. The van der Waals surface area contributed by atoms with Gasteiger partial charge in [0.15, 0.2) is 6.10 Å². The van der Waals surface area contributed by atoms with E-state index in [0.717, 1.165) is 17.8 Å². The van der Waals surface area contributed by atoms with E-state index in [0.29, 0.717) is 0 Å². The topological polar surface area (TPSA) is 44.1 Å². The van der Waals surface area contributed by atoms with Crippen molar-refractivity contribution in [3.8, 4) is 5.69 Å². The Bertz CT molecular complexity index is 694. The Morgan fingerprint density at radius 2 is 1.95 bits per heavy atom. The fourth-order valence-electron chi connectivity index (χ4n) is 1.77. The van der Waals surface area contributed by atoms with Gasteiger partial charge in [0.25, 0.3) is 0 Å². The normalized spacial score (nSPS) is 13.0. The fourth-order valence-corrected chi connectivity index (χ4v) is 1.77. The summed E-state index contributed by atoms with van der Waals surface area (Å²) < 4.78 is 56.4. The number of benzene rings is 1. The van der Waals surface area contributed by atoms with Gasteiger partial charge in [-0.25, -0.2) is 13.9 Å². The van der Waals surface area contributed by atoms with Crippen LogP contribution in [0.25, 0.3) is 5.69 Å². The zero-order chi connectivity index (χ0) is 16.5. The number of esters is 1. The van der Waals surface area contributed by atoms with Gasteiger partial charge in [-0.15, -0.1) is 0 Å². The van der Waals surface area contributed by atoms with E-state index >= 15 is 0 Å². The summed E-state index contributed by atoms with van der Waals surface area (Å²) in [6.45, 7) is 2.17. The summed E-state index contributed by atoms with van der Waals surface area (Å²) >= 11 is 0. The van der Waals surface area contributed by atoms with E-state index in [1.807, 2.05) is 0 Å². The molecule has 0 amide bonds. The summed E-state index contributed by atoms with van der Waals surface area (Å²) in [4.78, 5) is 11.8. The van der Waals surface area contributed by atoms with Gasteiger partial charge in [-0.1, -0.05) is 12.1 Å². The van der Waals surface area contributed by atoms with Gasteiger partial charge in [-0.05, 0) is 26.0 Å². The molecule has 1 heterocycles. The minimum atomic E-state index is -4.65. The number of para-hydroxylation sites is 1. The lowest BCUT2D eigenvalue weighted by molar-refractivity contribution is -0.198. The van der Waals surface area contributed by atoms with Gasteiger partial charge in [0.2, 0.25) is 0 Å². The number of hydrogen-bond acceptors (Lipinski definition) is 3. The quantitative estimate of drug-likeness (QED) is 0.644. The highest BCUT2D eigenvalue weighted by atomic mass is 19.4. The molecule has 0 saturated carbocycles. The second-order valence-corrected chi connectivity index (χ2v) is 4.60. The first-order valence-electron chi connectivity index (χ1n) is 6.29. The van der Waals surface area contributed by atoms with Crippen LogP contribution in [0.4, 0.5) is 17.6 Å². The SMILES string of the molecule is Cc1c(C(=O)O[C@H](C)C(F)(F)F)cnn1-c1ccccc1F. The maximum Gasteiger partial charge on any atom is 0.425 e. The van der Waals surface area contributed by atoms with Gasteiger partial charge in [-0.2, -0.15) is 18.3 Å². The van der Waals surface area contributed by atoms with Crippen molar-refractivity contribution >= 4 is 5.97 Å². The van der Waals surface area contributed by atoms with Crippen LogP contribution in [0.15, 0.2) is 30.5 Å². The molecule has 0 bridgehead atoms. The third-order valence-electron chi connectivity index (χ3n) is 3.06. The van der Waals surface area contributed by atoms with Crippen molar-refractivity contribution in [3.05, 3.63) is 47.5 Å². The number of nitrogens with zero attached hydrogens (tertiary/aromatic N) is 2. The van der Waals surface area contributed by atoms with Gasteiger partial charge >= 0.3 is 12.1 Å². The summed E-state index contributed by atoms with van der Waals surface area (Å²) in [7, 11) is 0. The van der Waals surface area contributed by atoms with E-state index in [-0.39, 0.29) is 16.9 Å². The second-order valence-electron chi connectivity index (χ2n) is 4.60. The molecule has 2 rings (SSSR count). The average molecular weight is 316 g/mol. The monoisotopic (exact) mass is 316 g/mol. The molecule has 0 N–H and O–H groups in total. The van der Waals surface area contributed by atoms with Gasteiger partial charge < -0.3 is 4.74 Å². The van der Waals surface area contributed by atoms with Crippen LogP contribution in [-0.2, 0) is 4.74 Å². The van der Waals surface area contributed by atoms with Gasteiger partial charge in [0, 0.05) is 0 Å². The van der Waals surface area contributed by atoms with E-state index in [1.54, 1.807) is 6.07 Å². The Labute approximate surface area is 123 Å². The summed E-state index contributed by atoms with van der Waals surface area (Å²) in [5.74, 6) is -1.73. The zero-order valence-corrected chi connectivity index (χ0v) is 11.7. The van der Waals surface area contributed by atoms with Crippen LogP contribution in [0.3, 0.4) is 0 Å². The molecule has 0 radical (unpaired) electrons. The first-order chi connectivity index (χ1) is 10.2. The maximum atomic E-state index is 13.7. The van der Waals surface area contributed by atoms with Crippen molar-refractivity contribution in [2.24, 2.45) is 0 Å². The molecule has 0 unspecified atom stereocenters. The van der Waals surface area contributed by atoms with Crippen LogP contribution in [0, 0.1) is 12.7 Å². The molecule has 0 aliphatic carbocycles. The fraction of sp³-hybridized carbons (Fsp3) is 0.286. The number of rotatable bonds is 3. The van der Waals surface area contributed by atoms with Crippen molar-refractivity contribution in [2.45, 2.75) is 26.1 Å². The van der Waals surface area contributed by atoms with E-state index in [9.17, 15) is 22.4 Å². The minimum absolute atomic E-state index is 0.0860. The maximum absolute atomic E-state index is 13.7. The van der Waals surface area contributed by atoms with Crippen molar-refractivity contribution in [2.75, 3.05) is 0 Å². The molecule has 0 aliphatic rings. The van der Waals surface area contributed by atoms with E-state index in [2.05, 4.69) is 9.84 Å². The third-order valence-corrected chi connectivity index (χ3v) is 3.06. The Hall–Kier alpha value is -2.38. The number of alkyl halides is 3. The largest absolute Gasteiger partial charge is 0.449 e. The molecule has 0 saturated heterocycles. The first-order valence-corrected chi connectivity index (χ1v) is 6.29. The molecule has 0 fully saturated rings. The number of hydrogen-bond donors (Lipinski definition) is 0. The number of carbonyl (C=O) groups is 1. The molecular weight excluding hydrogens is 304 g/mol. The molecule has 1 atom stereocenters. The van der Waals surface area contributed by atoms with E-state index in [1.165, 1.54) is 25.1 Å². The average Bonchev–Trinajstić information content (AvgIpc) is 2.80. The second kappa shape index (κ2) is 5.78. The lowest BCUT2D eigenvalue weighted by Gasteiger charge is -2.16. The van der Waals surface area contributed by atoms with Crippen molar-refractivity contribution in [1.29, 1.82) is 0 Å². The Kier molecular flexibility index (Phi) is 4.20. The lowest BCUT2D eigenvalue weighted by Crippen LogP contribution is -2.31. The Balaban J connectivity index is 2.29. The predicted octanol–water partition coefficient (Wildman–Crippen LogP) is 3.43. The number of halogens is 4. The highest BCUT2D eigenvalue weighted by Crippen LogP contribution is 2.24. The van der Waals surface area contributed by atoms with Crippen LogP contribution in [-0.4, -0.2) is 28.0 Å². The van der Waals surface area contributed by atoms with E-state index in [4.69, 9.17) is 0 Å². The molecule has 0 spiro atoms. The lowest BCUT2D eigenvalue weighted by atomic mass is 10.2. The van der Waals surface area contributed by atoms with Gasteiger partial charge in [0.1, 0.15) is 17.1 Å². The van der Waals surface area contributed by atoms with Crippen molar-refractivity contribution < 1.29 is 27.1 Å². The smallest absolute Gasteiger partial charge is 0.425 e. The molecular formula is C14H12F4N2O2. The van der Waals surface area contributed by atoms with Gasteiger partial charge in [-0.3, -0.25) is 0 Å². The van der Waals surface area contributed by atoms with Crippen LogP contribution in [0.5, 0.6) is 0 Å². The summed E-state index contributed by atoms with van der Waals surface area (Å²) in [5, 5.41) is 3.83. The number of ether oxygens (including phenoxy) is 1. The number of aromatic nitrogens is 2. The Morgan fingerprint density at radius 3 is 2.55 bits per heavy atom. The van der Waals surface area contributed by atoms with Crippen LogP contribution in [0.1, 0.15) is 23.0 Å². The standard InChI is InChI=1S/C14H12F4N2O2/c1-8-10(13(21)22-9(2)14(16,17)18)7-19-20(8)12-6-4-3-5-11(12)15/h3-7,9H,1-2H3/t9-/m1/s1. The van der Waals surface area contributed by atoms with E-state index < -0.39 is 24.1 Å². The summed E-state index contributed by atoms with van der Waals surface area (Å²) in [5.41, 5.74) is 0.117.